The predicted octanol–water partition coefficient (Wildman–Crippen LogP) is 8.92. The second-order valence-electron chi connectivity index (χ2n) is 6.57. The van der Waals surface area contributed by atoms with Crippen molar-refractivity contribution in [1.29, 1.82) is 0 Å². The van der Waals surface area contributed by atoms with E-state index in [1.807, 2.05) is 91.0 Å². The van der Waals surface area contributed by atoms with E-state index < -0.39 is 5.53 Å². The van der Waals surface area contributed by atoms with E-state index >= 15 is 0 Å². The van der Waals surface area contributed by atoms with Gasteiger partial charge in [0.15, 0.2) is 0 Å². The van der Waals surface area contributed by atoms with Crippen LogP contribution in [0.5, 0.6) is 0 Å². The normalized spacial score (nSPS) is 10.5. The Morgan fingerprint density at radius 1 is 0.500 bits per heavy atom. The van der Waals surface area contributed by atoms with Crippen molar-refractivity contribution in [3.63, 3.8) is 0 Å². The maximum atomic E-state index is 5.80. The quantitative estimate of drug-likeness (QED) is 0.182. The van der Waals surface area contributed by atoms with Crippen molar-refractivity contribution in [2.24, 2.45) is 0 Å². The first kappa shape index (κ1) is 27.4. The van der Waals surface area contributed by atoms with Crippen LogP contribution in [0.4, 0.5) is 0 Å². The Hall–Kier alpha value is -1.19. The molecule has 0 heterocycles. The number of rotatable bonds is 9. The smallest absolute Gasteiger partial charge is 0.226 e. The standard InChI is InChI=1S/C24H21O3PS6/c29-22(25-16-19-10-4-1-5-11-19)32-28(33-23(30)26-17-20-12-6-2-7-13-20)34-24(31)27-18-21-14-8-3-9-15-21/h1-15H,16-18H2. The molecule has 0 aromatic heterocycles. The third-order valence-corrected chi connectivity index (χ3v) is 14.4. The average molecular weight is 581 g/mol. The van der Waals surface area contributed by atoms with Gasteiger partial charge in [0.1, 0.15) is 19.8 Å². The molecule has 176 valence electrons. The minimum absolute atomic E-state index is 0.412. The molecule has 3 aromatic rings. The van der Waals surface area contributed by atoms with Gasteiger partial charge in [-0.2, -0.15) is 0 Å². The first-order valence-corrected chi connectivity index (χ1v) is 16.9. The summed E-state index contributed by atoms with van der Waals surface area (Å²) >= 11 is 20.7. The molecule has 0 fully saturated rings. The fourth-order valence-corrected chi connectivity index (χ4v) is 14.6. The van der Waals surface area contributed by atoms with Crippen LogP contribution in [0, 0.1) is 0 Å². The Morgan fingerprint density at radius 2 is 0.765 bits per heavy atom. The van der Waals surface area contributed by atoms with E-state index in [1.165, 1.54) is 34.1 Å². The van der Waals surface area contributed by atoms with E-state index in [0.717, 1.165) is 16.7 Å². The summed E-state index contributed by atoms with van der Waals surface area (Å²) < 4.78 is 18.7. The molecule has 0 radical (unpaired) electrons. The Kier molecular flexibility index (Phi) is 12.7. The summed E-state index contributed by atoms with van der Waals surface area (Å²) in [5.74, 6) is 0. The maximum absolute atomic E-state index is 5.80. The van der Waals surface area contributed by atoms with Gasteiger partial charge in [0.2, 0.25) is 13.1 Å². The summed E-state index contributed by atoms with van der Waals surface area (Å²) in [7, 11) is 0. The number of thiocarbonyl (C=S) groups is 3. The van der Waals surface area contributed by atoms with Gasteiger partial charge in [-0.05, 0) is 87.5 Å². The highest BCUT2D eigenvalue weighted by Crippen LogP contribution is 2.71. The summed E-state index contributed by atoms with van der Waals surface area (Å²) in [5, 5.41) is 0. The van der Waals surface area contributed by atoms with E-state index in [1.54, 1.807) is 0 Å². The number of ether oxygens (including phenoxy) is 3. The molecule has 0 aliphatic carbocycles. The van der Waals surface area contributed by atoms with E-state index in [-0.39, 0.29) is 0 Å². The van der Waals surface area contributed by atoms with Crippen molar-refractivity contribution in [3.05, 3.63) is 108 Å². The van der Waals surface area contributed by atoms with Crippen LogP contribution in [-0.2, 0) is 34.0 Å². The van der Waals surface area contributed by atoms with E-state index in [0.29, 0.717) is 33.0 Å². The van der Waals surface area contributed by atoms with E-state index in [2.05, 4.69) is 0 Å². The van der Waals surface area contributed by atoms with Gasteiger partial charge in [-0.3, -0.25) is 0 Å². The van der Waals surface area contributed by atoms with Crippen molar-refractivity contribution in [3.8, 4) is 0 Å². The van der Waals surface area contributed by atoms with Gasteiger partial charge in [0.25, 0.3) is 0 Å². The molecule has 0 unspecified atom stereocenters. The molecule has 0 aliphatic heterocycles. The predicted molar refractivity (Wildman–Crippen MR) is 161 cm³/mol. The minimum Gasteiger partial charge on any atom is -0.473 e. The van der Waals surface area contributed by atoms with E-state index in [4.69, 9.17) is 50.9 Å². The molecule has 3 aromatic carbocycles. The summed E-state index contributed by atoms with van der Waals surface area (Å²) in [4.78, 5) is 0. The summed E-state index contributed by atoms with van der Waals surface area (Å²) in [6.45, 7) is 1.24. The minimum atomic E-state index is -0.969. The van der Waals surface area contributed by atoms with Gasteiger partial charge in [0, 0.05) is 0 Å². The molecule has 34 heavy (non-hydrogen) atoms. The van der Waals surface area contributed by atoms with Crippen molar-refractivity contribution in [1.82, 2.24) is 0 Å². The van der Waals surface area contributed by atoms with Gasteiger partial charge >= 0.3 is 0 Å². The van der Waals surface area contributed by atoms with Crippen LogP contribution in [0.25, 0.3) is 0 Å². The molecule has 3 nitrogen and oxygen atoms in total. The summed E-state index contributed by atoms with van der Waals surface area (Å²) in [6.07, 6.45) is 0. The van der Waals surface area contributed by atoms with Crippen LogP contribution in [0.1, 0.15) is 16.7 Å². The van der Waals surface area contributed by atoms with Crippen LogP contribution in [0.15, 0.2) is 91.0 Å². The molecular formula is C24H21O3PS6. The van der Waals surface area contributed by atoms with E-state index in [9.17, 15) is 0 Å². The molecule has 0 saturated heterocycles. The van der Waals surface area contributed by atoms with Gasteiger partial charge in [-0.25, -0.2) is 0 Å². The van der Waals surface area contributed by atoms with Gasteiger partial charge < -0.3 is 14.2 Å². The highest BCUT2D eigenvalue weighted by molar-refractivity contribution is 9.19. The monoisotopic (exact) mass is 580 g/mol. The Bertz CT molecular complexity index is 917. The molecule has 0 amide bonds. The molecule has 0 saturated carbocycles. The molecule has 0 N–H and O–H groups in total. The van der Waals surface area contributed by atoms with Gasteiger partial charge in [-0.15, -0.1) is 0 Å². The zero-order chi connectivity index (χ0) is 24.0. The first-order chi connectivity index (χ1) is 16.6. The third-order valence-electron chi connectivity index (χ3n) is 4.05. The lowest BCUT2D eigenvalue weighted by atomic mass is 10.2. The molecule has 3 rings (SSSR count). The molecule has 0 bridgehead atoms. The number of hydrogen-bond acceptors (Lipinski definition) is 9. The highest BCUT2D eigenvalue weighted by atomic mass is 33.4. The molecule has 0 spiro atoms. The van der Waals surface area contributed by atoms with Crippen molar-refractivity contribution >= 4 is 89.5 Å². The lowest BCUT2D eigenvalue weighted by Gasteiger charge is -2.17. The molecule has 0 atom stereocenters. The largest absolute Gasteiger partial charge is 0.473 e. The van der Waals surface area contributed by atoms with Crippen LogP contribution < -0.4 is 0 Å². The summed E-state index contributed by atoms with van der Waals surface area (Å²) in [5.41, 5.74) is 2.19. The van der Waals surface area contributed by atoms with Crippen LogP contribution >= 0.6 is 76.3 Å². The third kappa shape index (κ3) is 11.0. The van der Waals surface area contributed by atoms with Crippen molar-refractivity contribution in [2.45, 2.75) is 19.8 Å². The second-order valence-corrected chi connectivity index (χ2v) is 17.6. The zero-order valence-corrected chi connectivity index (χ0v) is 23.7. The zero-order valence-electron chi connectivity index (χ0n) is 17.9. The number of benzene rings is 3. The first-order valence-electron chi connectivity index (χ1n) is 10.0. The van der Waals surface area contributed by atoms with Crippen LogP contribution in [0.2, 0.25) is 0 Å². The molecular weight excluding hydrogens is 560 g/mol. The highest BCUT2D eigenvalue weighted by Gasteiger charge is 2.22. The molecule has 10 heteroatoms. The van der Waals surface area contributed by atoms with Gasteiger partial charge in [-0.1, -0.05) is 91.0 Å². The fourth-order valence-electron chi connectivity index (χ4n) is 2.47. The summed E-state index contributed by atoms with van der Waals surface area (Å²) in [6, 6.07) is 29.7. The Labute approximate surface area is 229 Å². The van der Waals surface area contributed by atoms with Crippen molar-refractivity contribution < 1.29 is 14.2 Å². The maximum Gasteiger partial charge on any atom is 0.226 e. The lowest BCUT2D eigenvalue weighted by Crippen LogP contribution is -2.00. The van der Waals surface area contributed by atoms with Crippen molar-refractivity contribution in [2.75, 3.05) is 0 Å². The van der Waals surface area contributed by atoms with Gasteiger partial charge in [0.05, 0.1) is 5.53 Å². The number of hydrogen-bond donors (Lipinski definition) is 0. The second kappa shape index (κ2) is 15.7. The Balaban J connectivity index is 1.53. The topological polar surface area (TPSA) is 27.7 Å². The van der Waals surface area contributed by atoms with Crippen LogP contribution in [-0.4, -0.2) is 13.1 Å². The van der Waals surface area contributed by atoms with Crippen LogP contribution in [0.3, 0.4) is 0 Å². The Morgan fingerprint density at radius 3 is 1.03 bits per heavy atom. The fraction of sp³-hybridized carbons (Fsp3) is 0.125. The SMILES string of the molecule is S=C(OCc1ccccc1)SP(SC(=S)OCc1ccccc1)SC(=S)OCc1ccccc1. The average Bonchev–Trinajstić information content (AvgIpc) is 2.87. The molecule has 0 aliphatic rings. The lowest BCUT2D eigenvalue weighted by molar-refractivity contribution is 0.310.